The molecular formula is C22H36N2O3. The van der Waals surface area contributed by atoms with E-state index in [0.29, 0.717) is 5.56 Å². The Kier molecular flexibility index (Phi) is 7.47. The van der Waals surface area contributed by atoms with Gasteiger partial charge in [-0.25, -0.2) is 15.2 Å². The highest BCUT2D eigenvalue weighted by molar-refractivity contribution is 5.95. The number of carbonyl (C=O) groups excluding carboxylic acids is 2. The molecule has 0 aromatic heterocycles. The summed E-state index contributed by atoms with van der Waals surface area (Å²) in [5, 5.41) is 1.46. The number of benzene rings is 1. The van der Waals surface area contributed by atoms with E-state index in [4.69, 9.17) is 4.74 Å². The second-order valence-corrected chi connectivity index (χ2v) is 9.34. The summed E-state index contributed by atoms with van der Waals surface area (Å²) in [5.41, 5.74) is 4.47. The molecule has 1 N–H and O–H groups in total. The van der Waals surface area contributed by atoms with Crippen molar-refractivity contribution in [3.63, 3.8) is 0 Å². The summed E-state index contributed by atoms with van der Waals surface area (Å²) < 4.78 is 5.40. The molecule has 1 aromatic rings. The molecule has 0 aliphatic heterocycles. The summed E-state index contributed by atoms with van der Waals surface area (Å²) in [5.74, 6) is -0.221. The lowest BCUT2D eigenvalue weighted by atomic mass is 9.83. The fourth-order valence-corrected chi connectivity index (χ4v) is 3.13. The van der Waals surface area contributed by atoms with Crippen LogP contribution in [0.15, 0.2) is 18.2 Å². The maximum Gasteiger partial charge on any atom is 0.426 e. The number of carbonyl (C=O) groups is 2. The molecule has 1 atom stereocenters. The van der Waals surface area contributed by atoms with Crippen molar-refractivity contribution in [3.05, 3.63) is 34.9 Å². The van der Waals surface area contributed by atoms with E-state index < -0.39 is 11.7 Å². The van der Waals surface area contributed by atoms with Gasteiger partial charge in [-0.2, -0.15) is 0 Å². The molecule has 0 fully saturated rings. The van der Waals surface area contributed by atoms with Crippen LogP contribution < -0.4 is 5.43 Å². The maximum absolute atomic E-state index is 13.4. The predicted molar refractivity (Wildman–Crippen MR) is 110 cm³/mol. The SMILES string of the molecule is CCC[C@H](N(NC(=O)OC(C)(C)C)C(=O)c1cc(C)cc(C)c1)C(C)(C)C. The molecule has 2 amide bonds. The first-order chi connectivity index (χ1) is 12.2. The monoisotopic (exact) mass is 376 g/mol. The molecule has 0 aliphatic carbocycles. The molecule has 5 heteroatoms. The van der Waals surface area contributed by atoms with Crippen LogP contribution in [0.5, 0.6) is 0 Å². The van der Waals surface area contributed by atoms with Crippen LogP contribution in [0.3, 0.4) is 0 Å². The van der Waals surface area contributed by atoms with E-state index in [0.717, 1.165) is 24.0 Å². The maximum atomic E-state index is 13.4. The van der Waals surface area contributed by atoms with E-state index in [1.54, 1.807) is 20.8 Å². The third kappa shape index (κ3) is 7.24. The minimum atomic E-state index is -0.638. The molecule has 0 heterocycles. The molecule has 5 nitrogen and oxygen atoms in total. The van der Waals surface area contributed by atoms with Crippen molar-refractivity contribution in [2.75, 3.05) is 0 Å². The zero-order chi connectivity index (χ0) is 21.0. The third-order valence-corrected chi connectivity index (χ3v) is 4.17. The van der Waals surface area contributed by atoms with Gasteiger partial charge >= 0.3 is 6.09 Å². The highest BCUT2D eigenvalue weighted by atomic mass is 16.6. The number of aryl methyl sites for hydroxylation is 2. The van der Waals surface area contributed by atoms with E-state index in [9.17, 15) is 9.59 Å². The second kappa shape index (κ2) is 8.77. The molecule has 1 rings (SSSR count). The molecule has 152 valence electrons. The Balaban J connectivity index is 3.30. The normalized spacial score (nSPS) is 13.1. The van der Waals surface area contributed by atoms with Crippen LogP contribution >= 0.6 is 0 Å². The topological polar surface area (TPSA) is 58.6 Å². The van der Waals surface area contributed by atoms with Crippen LogP contribution in [0.25, 0.3) is 0 Å². The van der Waals surface area contributed by atoms with Gasteiger partial charge in [-0.05, 0) is 58.6 Å². The van der Waals surface area contributed by atoms with E-state index in [2.05, 4.69) is 33.1 Å². The zero-order valence-corrected chi connectivity index (χ0v) is 18.4. The number of nitrogens with zero attached hydrogens (tertiary/aromatic N) is 1. The summed E-state index contributed by atoms with van der Waals surface area (Å²) in [4.78, 5) is 25.8. The lowest BCUT2D eigenvalue weighted by molar-refractivity contribution is 0.00611. The average molecular weight is 377 g/mol. The second-order valence-electron chi connectivity index (χ2n) is 9.34. The molecule has 0 radical (unpaired) electrons. The summed E-state index contributed by atoms with van der Waals surface area (Å²) >= 11 is 0. The van der Waals surface area contributed by atoms with Gasteiger partial charge in [0.2, 0.25) is 0 Å². The van der Waals surface area contributed by atoms with Gasteiger partial charge in [0.15, 0.2) is 0 Å². The molecule has 0 unspecified atom stereocenters. The summed E-state index contributed by atoms with van der Waals surface area (Å²) in [6.45, 7) is 17.6. The van der Waals surface area contributed by atoms with Crippen LogP contribution in [0.1, 0.15) is 82.8 Å². The van der Waals surface area contributed by atoms with Crippen LogP contribution in [0, 0.1) is 19.3 Å². The van der Waals surface area contributed by atoms with Gasteiger partial charge in [0.05, 0.1) is 6.04 Å². The number of rotatable bonds is 4. The summed E-state index contributed by atoms with van der Waals surface area (Å²) in [6.07, 6.45) is 1.05. The molecular weight excluding hydrogens is 340 g/mol. The molecule has 0 bridgehead atoms. The molecule has 0 saturated heterocycles. The fourth-order valence-electron chi connectivity index (χ4n) is 3.13. The number of ether oxygens (including phenoxy) is 1. The molecule has 0 spiro atoms. The average Bonchev–Trinajstić information content (AvgIpc) is 2.46. The third-order valence-electron chi connectivity index (χ3n) is 4.17. The van der Waals surface area contributed by atoms with E-state index >= 15 is 0 Å². The standard InChI is InChI=1S/C22H36N2O3/c1-10-11-18(21(4,5)6)24(23-20(26)27-22(7,8)9)19(25)17-13-15(2)12-16(3)14-17/h12-14,18H,10-11H2,1-9H3,(H,23,26)/t18-/m0/s1. The Morgan fingerprint density at radius 2 is 1.56 bits per heavy atom. The van der Waals surface area contributed by atoms with Crippen molar-refractivity contribution in [1.82, 2.24) is 10.4 Å². The first-order valence-corrected chi connectivity index (χ1v) is 9.66. The Labute approximate surface area is 164 Å². The molecule has 0 saturated carbocycles. The minimum Gasteiger partial charge on any atom is -0.443 e. The van der Waals surface area contributed by atoms with Gasteiger partial charge in [-0.3, -0.25) is 4.79 Å². The molecule has 27 heavy (non-hydrogen) atoms. The van der Waals surface area contributed by atoms with Gasteiger partial charge < -0.3 is 4.74 Å². The number of hydrogen-bond donors (Lipinski definition) is 1. The Morgan fingerprint density at radius 1 is 1.04 bits per heavy atom. The van der Waals surface area contributed by atoms with E-state index in [1.165, 1.54) is 5.01 Å². The first-order valence-electron chi connectivity index (χ1n) is 9.66. The number of nitrogens with one attached hydrogen (secondary N) is 1. The Bertz CT molecular complexity index is 649. The quantitative estimate of drug-likeness (QED) is 0.716. The smallest absolute Gasteiger partial charge is 0.426 e. The van der Waals surface area contributed by atoms with Crippen molar-refractivity contribution in [3.8, 4) is 0 Å². The van der Waals surface area contributed by atoms with Crippen molar-refractivity contribution >= 4 is 12.0 Å². The van der Waals surface area contributed by atoms with Gasteiger partial charge in [0.1, 0.15) is 5.60 Å². The van der Waals surface area contributed by atoms with E-state index in [-0.39, 0.29) is 17.4 Å². The summed E-state index contributed by atoms with van der Waals surface area (Å²) in [6, 6.07) is 5.56. The van der Waals surface area contributed by atoms with Gasteiger partial charge in [-0.15, -0.1) is 0 Å². The highest BCUT2D eigenvalue weighted by Crippen LogP contribution is 2.29. The van der Waals surface area contributed by atoms with Crippen molar-refractivity contribution in [1.29, 1.82) is 0 Å². The first kappa shape index (κ1) is 23.0. The minimum absolute atomic E-state index is 0.164. The van der Waals surface area contributed by atoms with Crippen molar-refractivity contribution < 1.29 is 14.3 Å². The number of hydrazine groups is 1. The number of amides is 2. The van der Waals surface area contributed by atoms with Gasteiger partial charge in [0.25, 0.3) is 5.91 Å². The molecule has 0 aliphatic rings. The van der Waals surface area contributed by atoms with Crippen LogP contribution in [0.2, 0.25) is 0 Å². The van der Waals surface area contributed by atoms with Crippen molar-refractivity contribution in [2.45, 2.75) is 86.8 Å². The summed E-state index contributed by atoms with van der Waals surface area (Å²) in [7, 11) is 0. The van der Waals surface area contributed by atoms with Gasteiger partial charge in [-0.1, -0.05) is 51.3 Å². The van der Waals surface area contributed by atoms with Crippen LogP contribution in [0.4, 0.5) is 4.79 Å². The lowest BCUT2D eigenvalue weighted by Gasteiger charge is -2.40. The fraction of sp³-hybridized carbons (Fsp3) is 0.636. The predicted octanol–water partition coefficient (Wildman–Crippen LogP) is 5.40. The molecule has 1 aromatic carbocycles. The Hall–Kier alpha value is -2.04. The lowest BCUT2D eigenvalue weighted by Crippen LogP contribution is -2.57. The Morgan fingerprint density at radius 3 is 1.96 bits per heavy atom. The van der Waals surface area contributed by atoms with Crippen LogP contribution in [-0.4, -0.2) is 28.7 Å². The largest absolute Gasteiger partial charge is 0.443 e. The zero-order valence-electron chi connectivity index (χ0n) is 18.4. The highest BCUT2D eigenvalue weighted by Gasteiger charge is 2.35. The van der Waals surface area contributed by atoms with Crippen molar-refractivity contribution in [2.24, 2.45) is 5.41 Å². The van der Waals surface area contributed by atoms with Gasteiger partial charge in [0, 0.05) is 5.56 Å². The van der Waals surface area contributed by atoms with E-state index in [1.807, 2.05) is 32.0 Å². The number of hydrogen-bond acceptors (Lipinski definition) is 3. The van der Waals surface area contributed by atoms with Crippen LogP contribution in [-0.2, 0) is 4.74 Å².